The van der Waals surface area contributed by atoms with Gasteiger partial charge in [0.15, 0.2) is 0 Å². The third-order valence-electron chi connectivity index (χ3n) is 8.85. The lowest BCUT2D eigenvalue weighted by atomic mass is 10.0. The third kappa shape index (κ3) is 4.86. The molecule has 5 heteroatoms. The Morgan fingerprint density at radius 3 is 2.02 bits per heavy atom. The molecule has 0 aliphatic heterocycles. The van der Waals surface area contributed by atoms with Crippen LogP contribution in [0.5, 0.6) is 0 Å². The van der Waals surface area contributed by atoms with Gasteiger partial charge in [0.1, 0.15) is 5.65 Å². The molecule has 0 unspecified atom stereocenters. The van der Waals surface area contributed by atoms with Crippen molar-refractivity contribution in [1.29, 1.82) is 0 Å². The summed E-state index contributed by atoms with van der Waals surface area (Å²) in [6, 6.07) is 55.0. The quantitative estimate of drug-likeness (QED) is 0.175. The first kappa shape index (κ1) is 27.7. The van der Waals surface area contributed by atoms with Crippen molar-refractivity contribution in [1.82, 2.24) is 19.4 Å². The Balaban J connectivity index is 1.13. The molecular formula is C43H29N5. The Morgan fingerprint density at radius 1 is 0.458 bits per heavy atom. The standard InChI is InChI=1S/C43H29N5/c1-3-11-32(12-4-1)43-42(46-39-18-7-8-26-47(39)43)33-13-9-17-38(28-33)48(36-15-5-2-6-16-36)37-23-21-30(22-24-37)35-27-34-20-19-31-14-10-25-44-40(31)41(34)45-29-35/h1-29H. The highest BCUT2D eigenvalue weighted by molar-refractivity contribution is 6.03. The summed E-state index contributed by atoms with van der Waals surface area (Å²) >= 11 is 0. The summed E-state index contributed by atoms with van der Waals surface area (Å²) in [7, 11) is 0. The van der Waals surface area contributed by atoms with Gasteiger partial charge in [-0.3, -0.25) is 14.4 Å². The Morgan fingerprint density at radius 2 is 1.17 bits per heavy atom. The number of aromatic nitrogens is 4. The molecule has 0 N–H and O–H groups in total. The molecule has 0 aliphatic carbocycles. The lowest BCUT2D eigenvalue weighted by Gasteiger charge is -2.26. The first-order valence-corrected chi connectivity index (χ1v) is 16.0. The van der Waals surface area contributed by atoms with E-state index >= 15 is 0 Å². The topological polar surface area (TPSA) is 46.3 Å². The molecule has 48 heavy (non-hydrogen) atoms. The molecule has 4 heterocycles. The molecule has 0 saturated carbocycles. The van der Waals surface area contributed by atoms with Crippen LogP contribution in [-0.2, 0) is 0 Å². The van der Waals surface area contributed by atoms with E-state index < -0.39 is 0 Å². The highest BCUT2D eigenvalue weighted by Crippen LogP contribution is 2.39. The largest absolute Gasteiger partial charge is 0.310 e. The van der Waals surface area contributed by atoms with E-state index in [0.717, 1.165) is 78.2 Å². The number of imidazole rings is 1. The summed E-state index contributed by atoms with van der Waals surface area (Å²) < 4.78 is 2.17. The number of fused-ring (bicyclic) bond motifs is 4. The molecule has 4 aromatic heterocycles. The van der Waals surface area contributed by atoms with E-state index in [4.69, 9.17) is 9.97 Å². The van der Waals surface area contributed by atoms with Gasteiger partial charge in [0, 0.05) is 63.1 Å². The van der Waals surface area contributed by atoms with Crippen molar-refractivity contribution in [3.05, 3.63) is 176 Å². The van der Waals surface area contributed by atoms with Crippen LogP contribution in [0.25, 0.3) is 61.1 Å². The zero-order chi connectivity index (χ0) is 31.9. The fourth-order valence-corrected chi connectivity index (χ4v) is 6.58. The summed E-state index contributed by atoms with van der Waals surface area (Å²) in [5.41, 5.74) is 12.3. The maximum atomic E-state index is 5.12. The number of rotatable bonds is 6. The highest BCUT2D eigenvalue weighted by Gasteiger charge is 2.18. The van der Waals surface area contributed by atoms with Crippen LogP contribution in [0.1, 0.15) is 0 Å². The second-order valence-corrected chi connectivity index (χ2v) is 11.8. The van der Waals surface area contributed by atoms with Gasteiger partial charge in [-0.15, -0.1) is 0 Å². The minimum atomic E-state index is 0.917. The first-order valence-electron chi connectivity index (χ1n) is 16.0. The molecule has 5 nitrogen and oxygen atoms in total. The zero-order valence-electron chi connectivity index (χ0n) is 26.0. The van der Waals surface area contributed by atoms with Crippen LogP contribution in [-0.4, -0.2) is 19.4 Å². The fraction of sp³-hybridized carbons (Fsp3) is 0. The normalized spacial score (nSPS) is 11.3. The van der Waals surface area contributed by atoms with Crippen molar-refractivity contribution >= 4 is 44.5 Å². The predicted molar refractivity (Wildman–Crippen MR) is 197 cm³/mol. The number of nitrogens with zero attached hydrogens (tertiary/aromatic N) is 5. The van der Waals surface area contributed by atoms with Gasteiger partial charge in [-0.2, -0.15) is 0 Å². The number of para-hydroxylation sites is 1. The van der Waals surface area contributed by atoms with E-state index in [1.165, 1.54) is 0 Å². The van der Waals surface area contributed by atoms with Crippen molar-refractivity contribution < 1.29 is 0 Å². The van der Waals surface area contributed by atoms with Gasteiger partial charge >= 0.3 is 0 Å². The smallest absolute Gasteiger partial charge is 0.137 e. The Bertz CT molecular complexity index is 2560. The van der Waals surface area contributed by atoms with Gasteiger partial charge in [-0.25, -0.2) is 4.98 Å². The maximum Gasteiger partial charge on any atom is 0.137 e. The summed E-state index contributed by atoms with van der Waals surface area (Å²) in [4.78, 5) is 16.8. The maximum absolute atomic E-state index is 5.12. The Hall–Kier alpha value is -6.59. The van der Waals surface area contributed by atoms with E-state index in [9.17, 15) is 0 Å². The van der Waals surface area contributed by atoms with Gasteiger partial charge in [-0.05, 0) is 66.2 Å². The average Bonchev–Trinajstić information content (AvgIpc) is 3.56. The third-order valence-corrected chi connectivity index (χ3v) is 8.85. The molecule has 9 aromatic rings. The second kappa shape index (κ2) is 11.6. The van der Waals surface area contributed by atoms with Crippen molar-refractivity contribution in [2.24, 2.45) is 0 Å². The number of anilines is 3. The zero-order valence-corrected chi connectivity index (χ0v) is 26.0. The molecule has 226 valence electrons. The van der Waals surface area contributed by atoms with E-state index in [0.29, 0.717) is 0 Å². The Kier molecular flexibility index (Phi) is 6.72. The summed E-state index contributed by atoms with van der Waals surface area (Å²) in [5, 5.41) is 2.17. The molecule has 0 spiro atoms. The minimum absolute atomic E-state index is 0.917. The highest BCUT2D eigenvalue weighted by atomic mass is 15.1. The van der Waals surface area contributed by atoms with Crippen molar-refractivity contribution in [2.45, 2.75) is 0 Å². The molecule has 0 bridgehead atoms. The molecule has 0 aliphatic rings. The average molecular weight is 616 g/mol. The van der Waals surface area contributed by atoms with Gasteiger partial charge in [0.05, 0.1) is 22.4 Å². The van der Waals surface area contributed by atoms with Crippen LogP contribution >= 0.6 is 0 Å². The van der Waals surface area contributed by atoms with E-state index in [-0.39, 0.29) is 0 Å². The van der Waals surface area contributed by atoms with Gasteiger partial charge in [-0.1, -0.05) is 97.1 Å². The molecular weight excluding hydrogens is 587 g/mol. The van der Waals surface area contributed by atoms with Crippen LogP contribution in [0.15, 0.2) is 176 Å². The lowest BCUT2D eigenvalue weighted by molar-refractivity contribution is 1.19. The molecule has 0 atom stereocenters. The van der Waals surface area contributed by atoms with Crippen LogP contribution < -0.4 is 4.90 Å². The number of hydrogen-bond acceptors (Lipinski definition) is 4. The van der Waals surface area contributed by atoms with E-state index in [2.05, 4.69) is 160 Å². The van der Waals surface area contributed by atoms with Crippen LogP contribution in [0.4, 0.5) is 17.1 Å². The first-order chi connectivity index (χ1) is 23.8. The van der Waals surface area contributed by atoms with Gasteiger partial charge in [0.2, 0.25) is 0 Å². The molecule has 5 aromatic carbocycles. The van der Waals surface area contributed by atoms with Crippen LogP contribution in [0.2, 0.25) is 0 Å². The summed E-state index contributed by atoms with van der Waals surface area (Å²) in [6.07, 6.45) is 5.85. The van der Waals surface area contributed by atoms with Gasteiger partial charge in [0.25, 0.3) is 0 Å². The monoisotopic (exact) mass is 615 g/mol. The SMILES string of the molecule is c1ccc(-c2c(-c3cccc(N(c4ccccc4)c4ccc(-c5cnc6c(ccc7cccnc76)c5)cc4)c3)nc3ccccn23)cc1. The van der Waals surface area contributed by atoms with E-state index in [1.54, 1.807) is 0 Å². The number of benzene rings is 5. The lowest BCUT2D eigenvalue weighted by Crippen LogP contribution is -2.09. The van der Waals surface area contributed by atoms with Crippen LogP contribution in [0.3, 0.4) is 0 Å². The van der Waals surface area contributed by atoms with Crippen molar-refractivity contribution in [3.8, 4) is 33.6 Å². The second-order valence-electron chi connectivity index (χ2n) is 11.8. The summed E-state index contributed by atoms with van der Waals surface area (Å²) in [6.45, 7) is 0. The molecule has 0 amide bonds. The van der Waals surface area contributed by atoms with Crippen molar-refractivity contribution in [2.75, 3.05) is 4.90 Å². The van der Waals surface area contributed by atoms with Gasteiger partial charge < -0.3 is 4.90 Å². The molecule has 9 rings (SSSR count). The predicted octanol–water partition coefficient (Wildman–Crippen LogP) is 10.9. The van der Waals surface area contributed by atoms with E-state index in [1.807, 2.05) is 30.6 Å². The molecule has 0 saturated heterocycles. The van der Waals surface area contributed by atoms with Crippen molar-refractivity contribution in [3.63, 3.8) is 0 Å². The summed E-state index contributed by atoms with van der Waals surface area (Å²) in [5.74, 6) is 0. The van der Waals surface area contributed by atoms with Crippen LogP contribution in [0, 0.1) is 0 Å². The fourth-order valence-electron chi connectivity index (χ4n) is 6.58. The Labute approximate surface area is 278 Å². The number of pyridine rings is 3. The minimum Gasteiger partial charge on any atom is -0.310 e. The number of hydrogen-bond donors (Lipinski definition) is 0. The molecule has 0 radical (unpaired) electrons. The molecule has 0 fully saturated rings.